The maximum Gasteiger partial charge on any atom is 0.244 e. The van der Waals surface area contributed by atoms with Crippen molar-refractivity contribution >= 4 is 5.91 Å². The summed E-state index contributed by atoms with van der Waals surface area (Å²) in [6, 6.07) is 10.2. The number of rotatable bonds is 4. The summed E-state index contributed by atoms with van der Waals surface area (Å²) in [5.41, 5.74) is 2.15. The van der Waals surface area contributed by atoms with Crippen LogP contribution < -0.4 is 5.32 Å². The van der Waals surface area contributed by atoms with Crippen LogP contribution in [0, 0.1) is 0 Å². The SMILES string of the molecule is C[C@@H](C(=O)NC1CC1)n1cc(-c2ccccc2)cn1. The predicted molar refractivity (Wildman–Crippen MR) is 73.5 cm³/mol. The van der Waals surface area contributed by atoms with Crippen molar-refractivity contribution in [3.8, 4) is 11.1 Å². The highest BCUT2D eigenvalue weighted by molar-refractivity contribution is 5.80. The van der Waals surface area contributed by atoms with E-state index in [0.717, 1.165) is 24.0 Å². The van der Waals surface area contributed by atoms with Gasteiger partial charge in [0, 0.05) is 17.8 Å². The Bertz CT molecular complexity index is 572. The van der Waals surface area contributed by atoms with Crippen molar-refractivity contribution in [1.29, 1.82) is 0 Å². The Kier molecular flexibility index (Phi) is 3.07. The molecule has 3 rings (SSSR count). The molecule has 1 aromatic carbocycles. The van der Waals surface area contributed by atoms with E-state index >= 15 is 0 Å². The van der Waals surface area contributed by atoms with Gasteiger partial charge < -0.3 is 5.32 Å². The molecule has 0 unspecified atom stereocenters. The van der Waals surface area contributed by atoms with E-state index in [1.54, 1.807) is 10.9 Å². The third-order valence-electron chi connectivity index (χ3n) is 3.41. The van der Waals surface area contributed by atoms with Crippen LogP contribution in [-0.2, 0) is 4.79 Å². The standard InChI is InChI=1S/C15H17N3O/c1-11(15(19)17-14-7-8-14)18-10-13(9-16-18)12-5-3-2-4-6-12/h2-6,9-11,14H,7-8H2,1H3,(H,17,19)/t11-/m0/s1. The van der Waals surface area contributed by atoms with Gasteiger partial charge in [-0.2, -0.15) is 5.10 Å². The molecule has 1 saturated carbocycles. The van der Waals surface area contributed by atoms with Crippen LogP contribution >= 0.6 is 0 Å². The minimum absolute atomic E-state index is 0.0465. The number of hydrogen-bond donors (Lipinski definition) is 1. The monoisotopic (exact) mass is 255 g/mol. The second kappa shape index (κ2) is 4.88. The van der Waals surface area contributed by atoms with Gasteiger partial charge in [-0.15, -0.1) is 0 Å². The van der Waals surface area contributed by atoms with Crippen LogP contribution in [0.4, 0.5) is 0 Å². The molecular weight excluding hydrogens is 238 g/mol. The van der Waals surface area contributed by atoms with Gasteiger partial charge in [-0.3, -0.25) is 9.48 Å². The molecule has 1 fully saturated rings. The Hall–Kier alpha value is -2.10. The van der Waals surface area contributed by atoms with Crippen LogP contribution in [0.1, 0.15) is 25.8 Å². The van der Waals surface area contributed by atoms with Crippen molar-refractivity contribution in [2.75, 3.05) is 0 Å². The highest BCUT2D eigenvalue weighted by atomic mass is 16.2. The second-order valence-electron chi connectivity index (χ2n) is 5.03. The lowest BCUT2D eigenvalue weighted by molar-refractivity contribution is -0.124. The summed E-state index contributed by atoms with van der Waals surface area (Å²) < 4.78 is 1.72. The zero-order chi connectivity index (χ0) is 13.2. The molecule has 19 heavy (non-hydrogen) atoms. The third-order valence-corrected chi connectivity index (χ3v) is 3.41. The summed E-state index contributed by atoms with van der Waals surface area (Å²) >= 11 is 0. The summed E-state index contributed by atoms with van der Waals surface area (Å²) in [6.45, 7) is 1.87. The molecule has 2 aromatic rings. The molecule has 0 saturated heterocycles. The van der Waals surface area contributed by atoms with Gasteiger partial charge in [-0.1, -0.05) is 30.3 Å². The van der Waals surface area contributed by atoms with E-state index in [1.807, 2.05) is 43.5 Å². The fourth-order valence-corrected chi connectivity index (χ4v) is 2.00. The first-order valence-corrected chi connectivity index (χ1v) is 6.64. The second-order valence-corrected chi connectivity index (χ2v) is 5.03. The molecule has 1 aliphatic rings. The van der Waals surface area contributed by atoms with E-state index in [1.165, 1.54) is 0 Å². The van der Waals surface area contributed by atoms with Gasteiger partial charge in [0.25, 0.3) is 0 Å². The van der Waals surface area contributed by atoms with E-state index in [9.17, 15) is 4.79 Å². The number of hydrogen-bond acceptors (Lipinski definition) is 2. The molecule has 0 radical (unpaired) electrons. The highest BCUT2D eigenvalue weighted by Crippen LogP contribution is 2.22. The van der Waals surface area contributed by atoms with Crippen molar-refractivity contribution in [1.82, 2.24) is 15.1 Å². The van der Waals surface area contributed by atoms with Crippen molar-refractivity contribution in [2.24, 2.45) is 0 Å². The lowest BCUT2D eigenvalue weighted by atomic mass is 10.1. The molecule has 1 atom stereocenters. The first-order valence-electron chi connectivity index (χ1n) is 6.64. The van der Waals surface area contributed by atoms with E-state index in [2.05, 4.69) is 10.4 Å². The van der Waals surface area contributed by atoms with Gasteiger partial charge in [-0.05, 0) is 25.3 Å². The van der Waals surface area contributed by atoms with E-state index in [0.29, 0.717) is 6.04 Å². The molecule has 1 aliphatic carbocycles. The summed E-state index contributed by atoms with van der Waals surface area (Å²) in [5, 5.41) is 7.30. The molecule has 98 valence electrons. The Labute approximate surface area is 112 Å². The Morgan fingerprint density at radius 2 is 2.05 bits per heavy atom. The number of aromatic nitrogens is 2. The molecule has 0 bridgehead atoms. The molecule has 4 nitrogen and oxygen atoms in total. The van der Waals surface area contributed by atoms with E-state index in [4.69, 9.17) is 0 Å². The molecule has 1 heterocycles. The smallest absolute Gasteiger partial charge is 0.244 e. The number of nitrogens with one attached hydrogen (secondary N) is 1. The summed E-state index contributed by atoms with van der Waals surface area (Å²) in [7, 11) is 0. The van der Waals surface area contributed by atoms with Crippen LogP contribution in [0.2, 0.25) is 0 Å². The van der Waals surface area contributed by atoms with Crippen LogP contribution in [0.25, 0.3) is 11.1 Å². The van der Waals surface area contributed by atoms with Gasteiger partial charge in [0.15, 0.2) is 0 Å². The Balaban J connectivity index is 1.75. The minimum atomic E-state index is -0.266. The summed E-state index contributed by atoms with van der Waals surface area (Å²) in [6.07, 6.45) is 5.93. The fourth-order valence-electron chi connectivity index (χ4n) is 2.00. The molecule has 4 heteroatoms. The van der Waals surface area contributed by atoms with Crippen LogP contribution in [0.15, 0.2) is 42.7 Å². The molecule has 1 amide bonds. The predicted octanol–water partition coefficient (Wildman–Crippen LogP) is 2.39. The zero-order valence-corrected chi connectivity index (χ0v) is 10.9. The Morgan fingerprint density at radius 1 is 1.32 bits per heavy atom. The molecule has 0 aliphatic heterocycles. The summed E-state index contributed by atoms with van der Waals surface area (Å²) in [5.74, 6) is 0.0465. The molecular formula is C15H17N3O. The van der Waals surface area contributed by atoms with Gasteiger partial charge in [0.05, 0.1) is 6.20 Å². The number of amides is 1. The van der Waals surface area contributed by atoms with E-state index < -0.39 is 0 Å². The van der Waals surface area contributed by atoms with E-state index in [-0.39, 0.29) is 11.9 Å². The maximum absolute atomic E-state index is 12.0. The van der Waals surface area contributed by atoms with Gasteiger partial charge in [-0.25, -0.2) is 0 Å². The lowest BCUT2D eigenvalue weighted by Gasteiger charge is -2.11. The van der Waals surface area contributed by atoms with Crippen molar-refractivity contribution in [3.63, 3.8) is 0 Å². The first-order chi connectivity index (χ1) is 9.24. The van der Waals surface area contributed by atoms with Gasteiger partial charge in [0.2, 0.25) is 5.91 Å². The average Bonchev–Trinajstić information content (AvgIpc) is 3.12. The maximum atomic E-state index is 12.0. The van der Waals surface area contributed by atoms with Crippen LogP contribution in [-0.4, -0.2) is 21.7 Å². The van der Waals surface area contributed by atoms with Crippen molar-refractivity contribution < 1.29 is 4.79 Å². The largest absolute Gasteiger partial charge is 0.352 e. The normalized spacial score (nSPS) is 16.1. The van der Waals surface area contributed by atoms with Gasteiger partial charge >= 0.3 is 0 Å². The number of carbonyl (C=O) groups excluding carboxylic acids is 1. The van der Waals surface area contributed by atoms with Crippen LogP contribution in [0.3, 0.4) is 0 Å². The zero-order valence-electron chi connectivity index (χ0n) is 10.9. The van der Waals surface area contributed by atoms with Crippen molar-refractivity contribution in [2.45, 2.75) is 31.8 Å². The highest BCUT2D eigenvalue weighted by Gasteiger charge is 2.26. The number of benzene rings is 1. The summed E-state index contributed by atoms with van der Waals surface area (Å²) in [4.78, 5) is 12.0. The number of carbonyl (C=O) groups is 1. The average molecular weight is 255 g/mol. The van der Waals surface area contributed by atoms with Crippen LogP contribution in [0.5, 0.6) is 0 Å². The third kappa shape index (κ3) is 2.67. The lowest BCUT2D eigenvalue weighted by Crippen LogP contribution is -2.32. The quantitative estimate of drug-likeness (QED) is 0.911. The Morgan fingerprint density at radius 3 is 2.74 bits per heavy atom. The first kappa shape index (κ1) is 12.0. The minimum Gasteiger partial charge on any atom is -0.352 e. The topological polar surface area (TPSA) is 46.9 Å². The van der Waals surface area contributed by atoms with Crippen molar-refractivity contribution in [3.05, 3.63) is 42.7 Å². The molecule has 0 spiro atoms. The molecule has 1 N–H and O–H groups in total. The number of nitrogens with zero attached hydrogens (tertiary/aromatic N) is 2. The van der Waals surface area contributed by atoms with Gasteiger partial charge in [0.1, 0.15) is 6.04 Å². The molecule has 1 aromatic heterocycles. The fraction of sp³-hybridized carbons (Fsp3) is 0.333.